The smallest absolute Gasteiger partial charge is 0.346 e. The fraction of sp³-hybridized carbons (Fsp3) is 0.471. The van der Waals surface area contributed by atoms with Crippen molar-refractivity contribution >= 4 is 38.2 Å². The molecule has 144 valence electrons. The molecule has 3 saturated heterocycles. The number of hydrogen-bond donors (Lipinski definition) is 2. The van der Waals surface area contributed by atoms with Crippen LogP contribution in [0.3, 0.4) is 0 Å². The normalized spacial score (nSPS) is 24.8. The molecule has 5 rings (SSSR count). The number of amides is 2. The van der Waals surface area contributed by atoms with Gasteiger partial charge in [-0.3, -0.25) is 14.6 Å². The fourth-order valence-corrected chi connectivity index (χ4v) is 4.64. The number of hydrogen-bond acceptors (Lipinski definition) is 5. The van der Waals surface area contributed by atoms with Crippen LogP contribution in [0, 0.1) is 5.92 Å². The van der Waals surface area contributed by atoms with Crippen LogP contribution in [0.25, 0.3) is 10.1 Å². The highest BCUT2D eigenvalue weighted by molar-refractivity contribution is 7.23. The van der Waals surface area contributed by atoms with Crippen molar-refractivity contribution in [3.05, 3.63) is 24.0 Å². The van der Waals surface area contributed by atoms with Crippen molar-refractivity contribution in [2.45, 2.75) is 25.1 Å². The van der Waals surface area contributed by atoms with Crippen LogP contribution in [0.5, 0.6) is 0 Å². The van der Waals surface area contributed by atoms with E-state index in [1.165, 1.54) is 12.3 Å². The van der Waals surface area contributed by atoms with Gasteiger partial charge in [0.1, 0.15) is 5.69 Å². The second-order valence-corrected chi connectivity index (χ2v) is 7.97. The number of piperidine rings is 3. The van der Waals surface area contributed by atoms with Crippen molar-refractivity contribution in [2.24, 2.45) is 5.92 Å². The standard InChI is InChI=1S/C17H17F3N4O2S/c18-17(19,20)16(26)23-14-5-10-7-21-11(6-13(10)27-14)15(25)22-12-8-24-3-1-9(12)2-4-24/h5-7,9,12H,1-4,8H2,(H,22,25)(H,23,26)/t12-/m0/s1. The quantitative estimate of drug-likeness (QED) is 0.834. The molecule has 2 N–H and O–H groups in total. The summed E-state index contributed by atoms with van der Waals surface area (Å²) in [5.41, 5.74) is 0.217. The summed E-state index contributed by atoms with van der Waals surface area (Å²) < 4.78 is 37.7. The van der Waals surface area contributed by atoms with Gasteiger partial charge in [0.25, 0.3) is 5.91 Å². The zero-order chi connectivity index (χ0) is 19.2. The lowest BCUT2D eigenvalue weighted by molar-refractivity contribution is -0.167. The lowest BCUT2D eigenvalue weighted by Crippen LogP contribution is -2.57. The monoisotopic (exact) mass is 398 g/mol. The Morgan fingerprint density at radius 3 is 2.59 bits per heavy atom. The maximum absolute atomic E-state index is 12.5. The lowest BCUT2D eigenvalue weighted by Gasteiger charge is -2.44. The Labute approximate surface area is 156 Å². The summed E-state index contributed by atoms with van der Waals surface area (Å²) in [6, 6.07) is 3.05. The number of rotatable bonds is 3. The summed E-state index contributed by atoms with van der Waals surface area (Å²) in [4.78, 5) is 30.1. The molecule has 27 heavy (non-hydrogen) atoms. The Bertz CT molecular complexity index is 890. The molecule has 1 atom stereocenters. The van der Waals surface area contributed by atoms with Crippen molar-refractivity contribution in [2.75, 3.05) is 25.0 Å². The Morgan fingerprint density at radius 2 is 1.96 bits per heavy atom. The predicted molar refractivity (Wildman–Crippen MR) is 94.7 cm³/mol. The van der Waals surface area contributed by atoms with E-state index in [9.17, 15) is 22.8 Å². The summed E-state index contributed by atoms with van der Waals surface area (Å²) in [5.74, 6) is -1.83. The molecule has 2 bridgehead atoms. The first-order valence-corrected chi connectivity index (χ1v) is 9.42. The molecule has 0 saturated carbocycles. The molecule has 0 radical (unpaired) electrons. The summed E-state index contributed by atoms with van der Waals surface area (Å²) in [5, 5.41) is 5.48. The Balaban J connectivity index is 1.48. The van der Waals surface area contributed by atoms with Gasteiger partial charge in [-0.1, -0.05) is 0 Å². The van der Waals surface area contributed by atoms with Crippen LogP contribution in [0.4, 0.5) is 18.2 Å². The maximum atomic E-state index is 12.5. The minimum absolute atomic E-state index is 0.0593. The molecule has 3 fully saturated rings. The minimum Gasteiger partial charge on any atom is -0.346 e. The number of nitrogens with one attached hydrogen (secondary N) is 2. The Morgan fingerprint density at radius 1 is 1.22 bits per heavy atom. The number of alkyl halides is 3. The first kappa shape index (κ1) is 18.2. The van der Waals surface area contributed by atoms with Crippen LogP contribution in [0.15, 0.2) is 18.3 Å². The van der Waals surface area contributed by atoms with Gasteiger partial charge in [0.05, 0.1) is 5.00 Å². The zero-order valence-corrected chi connectivity index (χ0v) is 15.0. The van der Waals surface area contributed by atoms with E-state index in [1.54, 1.807) is 6.07 Å². The molecule has 2 aromatic rings. The van der Waals surface area contributed by atoms with E-state index in [-0.39, 0.29) is 22.6 Å². The summed E-state index contributed by atoms with van der Waals surface area (Å²) in [7, 11) is 0. The van der Waals surface area contributed by atoms with Crippen LogP contribution < -0.4 is 10.6 Å². The number of aromatic nitrogens is 1. The van der Waals surface area contributed by atoms with Crippen molar-refractivity contribution in [3.8, 4) is 0 Å². The van der Waals surface area contributed by atoms with Crippen LogP contribution in [-0.2, 0) is 4.79 Å². The van der Waals surface area contributed by atoms with E-state index in [2.05, 4.69) is 15.2 Å². The SMILES string of the molecule is O=C(N[C@H]1CN2CCC1CC2)c1cc2sc(NC(=O)C(F)(F)F)cc2cn1. The first-order valence-electron chi connectivity index (χ1n) is 8.60. The van der Waals surface area contributed by atoms with Gasteiger partial charge in [-0.05, 0) is 44.0 Å². The number of thiophene rings is 1. The number of carbonyl (C=O) groups excluding carboxylic acids is 2. The molecular weight excluding hydrogens is 381 g/mol. The highest BCUT2D eigenvalue weighted by atomic mass is 32.1. The molecule has 5 heterocycles. The molecule has 0 spiro atoms. The summed E-state index contributed by atoms with van der Waals surface area (Å²) in [6.07, 6.45) is -1.37. The van der Waals surface area contributed by atoms with E-state index in [4.69, 9.17) is 0 Å². The van der Waals surface area contributed by atoms with Crippen molar-refractivity contribution in [3.63, 3.8) is 0 Å². The van der Waals surface area contributed by atoms with Gasteiger partial charge in [0.2, 0.25) is 0 Å². The number of carbonyl (C=O) groups is 2. The number of nitrogens with zero attached hydrogens (tertiary/aromatic N) is 2. The molecule has 0 aromatic carbocycles. The highest BCUT2D eigenvalue weighted by Gasteiger charge is 2.39. The average Bonchev–Trinajstić information content (AvgIpc) is 3.03. The van der Waals surface area contributed by atoms with Crippen LogP contribution >= 0.6 is 11.3 Å². The van der Waals surface area contributed by atoms with Crippen molar-refractivity contribution in [1.82, 2.24) is 15.2 Å². The van der Waals surface area contributed by atoms with Gasteiger partial charge < -0.3 is 15.5 Å². The molecule has 0 unspecified atom stereocenters. The van der Waals surface area contributed by atoms with E-state index in [1.807, 2.05) is 5.32 Å². The molecule has 2 amide bonds. The number of pyridine rings is 1. The summed E-state index contributed by atoms with van der Waals surface area (Å²) in [6.45, 7) is 2.98. The average molecular weight is 398 g/mol. The van der Waals surface area contributed by atoms with E-state index >= 15 is 0 Å². The molecule has 3 aliphatic heterocycles. The molecule has 2 aromatic heterocycles. The fourth-order valence-electron chi connectivity index (χ4n) is 3.67. The van der Waals surface area contributed by atoms with Crippen LogP contribution in [0.1, 0.15) is 23.3 Å². The van der Waals surface area contributed by atoms with Crippen LogP contribution in [0.2, 0.25) is 0 Å². The zero-order valence-electron chi connectivity index (χ0n) is 14.2. The number of halogens is 3. The van der Waals surface area contributed by atoms with E-state index in [0.29, 0.717) is 16.0 Å². The highest BCUT2D eigenvalue weighted by Crippen LogP contribution is 2.31. The van der Waals surface area contributed by atoms with Gasteiger partial charge in [0.15, 0.2) is 0 Å². The second-order valence-electron chi connectivity index (χ2n) is 6.89. The Kier molecular flexibility index (Phi) is 4.55. The third-order valence-corrected chi connectivity index (χ3v) is 6.11. The first-order chi connectivity index (χ1) is 12.8. The van der Waals surface area contributed by atoms with Gasteiger partial charge in [0, 0.05) is 28.9 Å². The van der Waals surface area contributed by atoms with E-state index in [0.717, 1.165) is 43.8 Å². The van der Waals surface area contributed by atoms with Crippen molar-refractivity contribution < 1.29 is 22.8 Å². The van der Waals surface area contributed by atoms with Gasteiger partial charge in [-0.25, -0.2) is 0 Å². The largest absolute Gasteiger partial charge is 0.471 e. The molecule has 10 heteroatoms. The molecular formula is C17H17F3N4O2S. The number of anilines is 1. The van der Waals surface area contributed by atoms with E-state index < -0.39 is 12.1 Å². The van der Waals surface area contributed by atoms with Gasteiger partial charge >= 0.3 is 12.1 Å². The third kappa shape index (κ3) is 3.77. The second kappa shape index (κ2) is 6.75. The lowest BCUT2D eigenvalue weighted by atomic mass is 9.84. The van der Waals surface area contributed by atoms with Gasteiger partial charge in [-0.2, -0.15) is 13.2 Å². The topological polar surface area (TPSA) is 74.3 Å². The number of fused-ring (bicyclic) bond motifs is 4. The summed E-state index contributed by atoms with van der Waals surface area (Å²) >= 11 is 0.971. The van der Waals surface area contributed by atoms with Crippen LogP contribution in [-0.4, -0.2) is 53.6 Å². The third-order valence-electron chi connectivity index (χ3n) is 5.10. The molecule has 6 nitrogen and oxygen atoms in total. The Hall–Kier alpha value is -2.20. The molecule has 3 aliphatic rings. The molecule has 0 aliphatic carbocycles. The van der Waals surface area contributed by atoms with Crippen molar-refractivity contribution in [1.29, 1.82) is 0 Å². The minimum atomic E-state index is -4.95. The maximum Gasteiger partial charge on any atom is 0.471 e. The predicted octanol–water partition coefficient (Wildman–Crippen LogP) is 2.62. The van der Waals surface area contributed by atoms with Gasteiger partial charge in [-0.15, -0.1) is 11.3 Å².